The molecule has 0 aliphatic carbocycles. The second-order valence-corrected chi connectivity index (χ2v) is 4.96. The molecule has 1 aliphatic heterocycles. The van der Waals surface area contributed by atoms with E-state index in [1.807, 2.05) is 30.0 Å². The second-order valence-electron chi connectivity index (χ2n) is 4.96. The molecule has 3 atom stereocenters. The number of nitrogens with two attached hydrogens (primary N) is 1. The average molecular weight is 232 g/mol. The van der Waals surface area contributed by atoms with E-state index < -0.39 is 0 Å². The van der Waals surface area contributed by atoms with Crippen molar-refractivity contribution in [3.63, 3.8) is 0 Å². The van der Waals surface area contributed by atoms with E-state index >= 15 is 0 Å². The number of nitrogens with zero attached hydrogens (tertiary/aromatic N) is 1. The molecular weight excluding hydrogens is 212 g/mol. The van der Waals surface area contributed by atoms with Crippen molar-refractivity contribution in [1.82, 2.24) is 4.90 Å². The molecule has 1 aliphatic rings. The molecule has 0 spiro atoms. The van der Waals surface area contributed by atoms with Gasteiger partial charge in [-0.1, -0.05) is 30.3 Å². The first-order valence-corrected chi connectivity index (χ1v) is 6.19. The number of rotatable bonds is 3. The third kappa shape index (κ3) is 2.50. The number of amides is 1. The lowest BCUT2D eigenvalue weighted by Crippen LogP contribution is -2.32. The van der Waals surface area contributed by atoms with Gasteiger partial charge in [-0.05, 0) is 19.4 Å². The van der Waals surface area contributed by atoms with Gasteiger partial charge in [-0.2, -0.15) is 0 Å². The van der Waals surface area contributed by atoms with Crippen molar-refractivity contribution in [3.05, 3.63) is 35.9 Å². The third-order valence-electron chi connectivity index (χ3n) is 3.68. The highest BCUT2D eigenvalue weighted by Crippen LogP contribution is 2.29. The molecule has 1 aromatic carbocycles. The summed E-state index contributed by atoms with van der Waals surface area (Å²) in [6.07, 6.45) is 0.592. The Kier molecular flexibility index (Phi) is 3.48. The fourth-order valence-electron chi connectivity index (χ4n) is 2.40. The van der Waals surface area contributed by atoms with Crippen LogP contribution in [0.1, 0.15) is 31.9 Å². The molecule has 3 heteroatoms. The minimum Gasteiger partial charge on any atom is -0.336 e. The molecule has 1 unspecified atom stereocenters. The predicted molar refractivity (Wildman–Crippen MR) is 68.3 cm³/mol. The van der Waals surface area contributed by atoms with Crippen LogP contribution in [-0.4, -0.2) is 23.4 Å². The molecule has 2 N–H and O–H groups in total. The van der Waals surface area contributed by atoms with Gasteiger partial charge < -0.3 is 10.6 Å². The Morgan fingerprint density at radius 2 is 1.94 bits per heavy atom. The maximum Gasteiger partial charge on any atom is 0.223 e. The van der Waals surface area contributed by atoms with Gasteiger partial charge in [0.1, 0.15) is 0 Å². The lowest BCUT2D eigenvalue weighted by atomic mass is 10.0. The first kappa shape index (κ1) is 12.1. The first-order chi connectivity index (χ1) is 8.09. The number of carbonyl (C=O) groups is 1. The van der Waals surface area contributed by atoms with Gasteiger partial charge in [0.2, 0.25) is 5.91 Å². The molecule has 2 rings (SSSR count). The summed E-state index contributed by atoms with van der Waals surface area (Å²) in [6.45, 7) is 4.85. The van der Waals surface area contributed by atoms with Gasteiger partial charge >= 0.3 is 0 Å². The van der Waals surface area contributed by atoms with Crippen molar-refractivity contribution >= 4 is 5.91 Å². The fourth-order valence-corrected chi connectivity index (χ4v) is 2.40. The Morgan fingerprint density at radius 1 is 1.29 bits per heavy atom. The van der Waals surface area contributed by atoms with E-state index in [0.29, 0.717) is 12.3 Å². The highest BCUT2D eigenvalue weighted by atomic mass is 16.2. The minimum atomic E-state index is 0.0897. The van der Waals surface area contributed by atoms with Crippen molar-refractivity contribution in [2.45, 2.75) is 32.4 Å². The lowest BCUT2D eigenvalue weighted by Gasteiger charge is -2.25. The predicted octanol–water partition coefficient (Wildman–Crippen LogP) is 1.94. The van der Waals surface area contributed by atoms with E-state index in [9.17, 15) is 4.79 Å². The van der Waals surface area contributed by atoms with Crippen LogP contribution in [0.5, 0.6) is 0 Å². The lowest BCUT2D eigenvalue weighted by molar-refractivity contribution is -0.129. The molecule has 0 saturated carbocycles. The van der Waals surface area contributed by atoms with Crippen LogP contribution in [0.3, 0.4) is 0 Å². The van der Waals surface area contributed by atoms with Crippen LogP contribution in [0, 0.1) is 5.92 Å². The first-order valence-electron chi connectivity index (χ1n) is 6.19. The third-order valence-corrected chi connectivity index (χ3v) is 3.68. The van der Waals surface area contributed by atoms with E-state index in [0.717, 1.165) is 6.54 Å². The van der Waals surface area contributed by atoms with Gasteiger partial charge in [-0.25, -0.2) is 0 Å². The van der Waals surface area contributed by atoms with Gasteiger partial charge in [-0.15, -0.1) is 0 Å². The maximum absolute atomic E-state index is 12.0. The summed E-state index contributed by atoms with van der Waals surface area (Å²) in [5.41, 5.74) is 7.07. The molecule has 0 bridgehead atoms. The van der Waals surface area contributed by atoms with Gasteiger partial charge in [-0.3, -0.25) is 4.79 Å². The van der Waals surface area contributed by atoms with E-state index in [1.54, 1.807) is 0 Å². The molecule has 1 fully saturated rings. The van der Waals surface area contributed by atoms with Gasteiger partial charge in [0.05, 0.1) is 6.04 Å². The fraction of sp³-hybridized carbons (Fsp3) is 0.500. The van der Waals surface area contributed by atoms with E-state index in [2.05, 4.69) is 19.1 Å². The summed E-state index contributed by atoms with van der Waals surface area (Å²) in [7, 11) is 0. The summed E-state index contributed by atoms with van der Waals surface area (Å²) in [6, 6.07) is 10.4. The van der Waals surface area contributed by atoms with E-state index in [1.165, 1.54) is 5.56 Å². The second kappa shape index (κ2) is 4.88. The van der Waals surface area contributed by atoms with Crippen LogP contribution in [0.15, 0.2) is 30.3 Å². The summed E-state index contributed by atoms with van der Waals surface area (Å²) in [5, 5.41) is 0. The highest BCUT2D eigenvalue weighted by Gasteiger charge is 2.34. The zero-order valence-corrected chi connectivity index (χ0v) is 10.5. The van der Waals surface area contributed by atoms with E-state index in [4.69, 9.17) is 5.73 Å². The van der Waals surface area contributed by atoms with Gasteiger partial charge in [0.15, 0.2) is 0 Å². The van der Waals surface area contributed by atoms with Crippen LogP contribution in [0.2, 0.25) is 0 Å². The van der Waals surface area contributed by atoms with Crippen LogP contribution in [-0.2, 0) is 4.79 Å². The van der Waals surface area contributed by atoms with Gasteiger partial charge in [0.25, 0.3) is 0 Å². The summed E-state index contributed by atoms with van der Waals surface area (Å²) < 4.78 is 0. The van der Waals surface area contributed by atoms with Crippen LogP contribution >= 0.6 is 0 Å². The number of likely N-dealkylation sites (tertiary alicyclic amines) is 1. The molecule has 3 nitrogen and oxygen atoms in total. The monoisotopic (exact) mass is 232 g/mol. The average Bonchev–Trinajstić information content (AvgIpc) is 2.72. The van der Waals surface area contributed by atoms with Crippen molar-refractivity contribution in [2.24, 2.45) is 11.7 Å². The number of carbonyl (C=O) groups excluding carboxylic acids is 1. The molecule has 0 aromatic heterocycles. The molecule has 0 radical (unpaired) electrons. The van der Waals surface area contributed by atoms with Crippen molar-refractivity contribution in [3.8, 4) is 0 Å². The molecule has 17 heavy (non-hydrogen) atoms. The Morgan fingerprint density at radius 3 is 2.47 bits per heavy atom. The molecule has 1 heterocycles. The minimum absolute atomic E-state index is 0.0897. The number of hydrogen-bond donors (Lipinski definition) is 1. The van der Waals surface area contributed by atoms with Crippen molar-refractivity contribution in [2.75, 3.05) is 6.54 Å². The smallest absolute Gasteiger partial charge is 0.223 e. The standard InChI is InChI=1S/C14H20N2O/c1-10(15)13-8-14(17)16(9-13)11(2)12-6-4-3-5-7-12/h3-7,10-11,13H,8-9,15H2,1-2H3/t10?,11-,13-/m1/s1. The van der Waals surface area contributed by atoms with Crippen LogP contribution < -0.4 is 5.73 Å². The van der Waals surface area contributed by atoms with Crippen LogP contribution in [0.25, 0.3) is 0 Å². The molecule has 1 saturated heterocycles. The summed E-state index contributed by atoms with van der Waals surface area (Å²) >= 11 is 0. The normalized spacial score (nSPS) is 23.8. The molecular formula is C14H20N2O. The maximum atomic E-state index is 12.0. The van der Waals surface area contributed by atoms with E-state index in [-0.39, 0.29) is 18.0 Å². The van der Waals surface area contributed by atoms with Crippen LogP contribution in [0.4, 0.5) is 0 Å². The quantitative estimate of drug-likeness (QED) is 0.865. The summed E-state index contributed by atoms with van der Waals surface area (Å²) in [4.78, 5) is 13.9. The largest absolute Gasteiger partial charge is 0.336 e. The number of hydrogen-bond acceptors (Lipinski definition) is 2. The summed E-state index contributed by atoms with van der Waals surface area (Å²) in [5.74, 6) is 0.525. The topological polar surface area (TPSA) is 46.3 Å². The number of benzene rings is 1. The molecule has 1 amide bonds. The zero-order valence-electron chi connectivity index (χ0n) is 10.5. The zero-order chi connectivity index (χ0) is 12.4. The van der Waals surface area contributed by atoms with Crippen molar-refractivity contribution < 1.29 is 4.79 Å². The Bertz CT molecular complexity index is 388. The Hall–Kier alpha value is -1.35. The van der Waals surface area contributed by atoms with Gasteiger partial charge in [0, 0.05) is 24.9 Å². The molecule has 1 aromatic rings. The Labute approximate surface area is 103 Å². The molecule has 92 valence electrons. The SMILES string of the molecule is CC(N)[C@@H]1CC(=O)N([C@H](C)c2ccccc2)C1. The Balaban J connectivity index is 2.11. The highest BCUT2D eigenvalue weighted by molar-refractivity contribution is 5.79. The van der Waals surface area contributed by atoms with Crippen molar-refractivity contribution in [1.29, 1.82) is 0 Å².